The van der Waals surface area contributed by atoms with Crippen molar-refractivity contribution in [2.45, 2.75) is 56.2 Å². The van der Waals surface area contributed by atoms with E-state index in [2.05, 4.69) is 57.8 Å². The van der Waals surface area contributed by atoms with Gasteiger partial charge in [-0.15, -0.1) is 18.3 Å². The number of carbonyl (C=O) groups is 1. The minimum atomic E-state index is -0.247. The number of amides is 1. The second kappa shape index (κ2) is 10.6. The molecule has 1 amide bonds. The first-order valence-corrected chi connectivity index (χ1v) is 11.7. The molecule has 0 aliphatic heterocycles. The van der Waals surface area contributed by atoms with Crippen LogP contribution in [0.3, 0.4) is 0 Å². The highest BCUT2D eigenvalue weighted by Gasteiger charge is 2.17. The van der Waals surface area contributed by atoms with Crippen molar-refractivity contribution in [2.75, 3.05) is 0 Å². The molecule has 1 unspecified atom stereocenters. The molecule has 3 rings (SSSR count). The molecule has 2 aromatic heterocycles. The predicted octanol–water partition coefficient (Wildman–Crippen LogP) is 7.16. The molecule has 32 heavy (non-hydrogen) atoms. The molecule has 0 bridgehead atoms. The Hall–Kier alpha value is -2.92. The first-order valence-electron chi connectivity index (χ1n) is 10.7. The molecular formula is C27H31NO3S. The maximum absolute atomic E-state index is 12.7. The van der Waals surface area contributed by atoms with Crippen LogP contribution in [-0.4, -0.2) is 11.9 Å². The fraction of sp³-hybridized carbons (Fsp3) is 0.296. The van der Waals surface area contributed by atoms with Crippen LogP contribution in [0.25, 0.3) is 6.08 Å². The summed E-state index contributed by atoms with van der Waals surface area (Å²) in [5.41, 5.74) is 2.65. The van der Waals surface area contributed by atoms with Crippen molar-refractivity contribution in [1.29, 1.82) is 0 Å². The Bertz CT molecular complexity index is 1070. The van der Waals surface area contributed by atoms with E-state index in [-0.39, 0.29) is 17.4 Å². The SMILES string of the molecule is C=CCC(/C=C/c1ccco1)NC(=O)c1ccc(CSc2cc(C(C)(C)C)ccc2C)o1. The van der Waals surface area contributed by atoms with Crippen LogP contribution < -0.4 is 5.32 Å². The molecule has 1 aromatic carbocycles. The normalized spacial score (nSPS) is 12.8. The number of nitrogens with one attached hydrogen (secondary N) is 1. The van der Waals surface area contributed by atoms with E-state index < -0.39 is 0 Å². The summed E-state index contributed by atoms with van der Waals surface area (Å²) in [5.74, 6) is 2.23. The first kappa shape index (κ1) is 23.7. The number of carbonyl (C=O) groups excluding carboxylic acids is 1. The van der Waals surface area contributed by atoms with Crippen molar-refractivity contribution in [3.63, 3.8) is 0 Å². The smallest absolute Gasteiger partial charge is 0.287 e. The number of benzene rings is 1. The molecule has 0 spiro atoms. The summed E-state index contributed by atoms with van der Waals surface area (Å²) in [6.07, 6.45) is 7.73. The van der Waals surface area contributed by atoms with Crippen molar-refractivity contribution in [3.05, 3.63) is 95.9 Å². The Kier molecular flexibility index (Phi) is 7.86. The molecule has 0 radical (unpaired) electrons. The molecular weight excluding hydrogens is 418 g/mol. The van der Waals surface area contributed by atoms with E-state index in [1.54, 1.807) is 30.2 Å². The maximum Gasteiger partial charge on any atom is 0.287 e. The van der Waals surface area contributed by atoms with Crippen molar-refractivity contribution < 1.29 is 13.6 Å². The summed E-state index contributed by atoms with van der Waals surface area (Å²) >= 11 is 1.72. The first-order chi connectivity index (χ1) is 15.3. The topological polar surface area (TPSA) is 55.4 Å². The second-order valence-electron chi connectivity index (χ2n) is 8.76. The van der Waals surface area contributed by atoms with E-state index in [0.29, 0.717) is 17.9 Å². The quantitative estimate of drug-likeness (QED) is 0.278. The lowest BCUT2D eigenvalue weighted by atomic mass is 9.87. The van der Waals surface area contributed by atoms with Gasteiger partial charge in [0.2, 0.25) is 0 Å². The Labute approximate surface area is 194 Å². The van der Waals surface area contributed by atoms with Gasteiger partial charge in [0.05, 0.1) is 18.1 Å². The molecule has 1 N–H and O–H groups in total. The van der Waals surface area contributed by atoms with Crippen LogP contribution in [0.4, 0.5) is 0 Å². The highest BCUT2D eigenvalue weighted by Crippen LogP contribution is 2.31. The van der Waals surface area contributed by atoms with E-state index in [1.165, 1.54) is 16.0 Å². The Morgan fingerprint density at radius 3 is 2.72 bits per heavy atom. The van der Waals surface area contributed by atoms with Crippen molar-refractivity contribution >= 4 is 23.7 Å². The van der Waals surface area contributed by atoms with Crippen molar-refractivity contribution in [3.8, 4) is 0 Å². The number of hydrogen-bond donors (Lipinski definition) is 1. The fourth-order valence-electron chi connectivity index (χ4n) is 3.15. The molecule has 0 aliphatic carbocycles. The minimum absolute atomic E-state index is 0.103. The number of aryl methyl sites for hydroxylation is 1. The molecule has 5 heteroatoms. The molecule has 1 atom stereocenters. The van der Waals surface area contributed by atoms with E-state index in [4.69, 9.17) is 8.83 Å². The van der Waals surface area contributed by atoms with Crippen LogP contribution in [0, 0.1) is 6.92 Å². The third-order valence-corrected chi connectivity index (χ3v) is 6.26. The standard InChI is InChI=1S/C27H31NO3S/c1-6-8-21(12-13-22-9-7-16-30-22)28-26(29)24-15-14-23(31-24)18-32-25-17-20(27(3,4)5)11-10-19(25)2/h6-7,9-17,21H,1,8,18H2,2-5H3,(H,28,29)/b13-12+. The number of rotatable bonds is 9. The summed E-state index contributed by atoms with van der Waals surface area (Å²) in [6, 6.07) is 13.7. The zero-order valence-electron chi connectivity index (χ0n) is 19.2. The Morgan fingerprint density at radius 1 is 1.22 bits per heavy atom. The monoisotopic (exact) mass is 449 g/mol. The third kappa shape index (κ3) is 6.54. The van der Waals surface area contributed by atoms with E-state index in [1.807, 2.05) is 30.4 Å². The van der Waals surface area contributed by atoms with Crippen LogP contribution in [-0.2, 0) is 11.2 Å². The fourth-order valence-corrected chi connectivity index (χ4v) is 4.11. The molecule has 0 aliphatic rings. The second-order valence-corrected chi connectivity index (χ2v) is 9.78. The summed E-state index contributed by atoms with van der Waals surface area (Å²) in [5, 5.41) is 2.98. The number of furan rings is 2. The minimum Gasteiger partial charge on any atom is -0.465 e. The van der Waals surface area contributed by atoms with Crippen LogP contribution in [0.5, 0.6) is 0 Å². The molecule has 0 fully saturated rings. The predicted molar refractivity (Wildman–Crippen MR) is 132 cm³/mol. The molecule has 0 saturated carbocycles. The number of thioether (sulfide) groups is 1. The molecule has 3 aromatic rings. The van der Waals surface area contributed by atoms with Crippen molar-refractivity contribution in [1.82, 2.24) is 5.32 Å². The van der Waals surface area contributed by atoms with Gasteiger partial charge in [0.15, 0.2) is 5.76 Å². The molecule has 2 heterocycles. The van der Waals surface area contributed by atoms with Gasteiger partial charge in [0.1, 0.15) is 11.5 Å². The summed E-state index contributed by atoms with van der Waals surface area (Å²) in [4.78, 5) is 13.9. The molecule has 0 saturated heterocycles. The maximum atomic E-state index is 12.7. The Balaban J connectivity index is 1.62. The lowest BCUT2D eigenvalue weighted by molar-refractivity contribution is 0.0915. The van der Waals surface area contributed by atoms with Gasteiger partial charge in [0.25, 0.3) is 5.91 Å². The lowest BCUT2D eigenvalue weighted by Gasteiger charge is -2.20. The van der Waals surface area contributed by atoms with Crippen molar-refractivity contribution in [2.24, 2.45) is 0 Å². The van der Waals surface area contributed by atoms with E-state index >= 15 is 0 Å². The van der Waals surface area contributed by atoms with Gasteiger partial charge in [-0.05, 0) is 66.3 Å². The lowest BCUT2D eigenvalue weighted by Crippen LogP contribution is -2.32. The zero-order chi connectivity index (χ0) is 23.1. The largest absolute Gasteiger partial charge is 0.465 e. The zero-order valence-corrected chi connectivity index (χ0v) is 20.0. The van der Waals surface area contributed by atoms with Gasteiger partial charge in [0, 0.05) is 4.90 Å². The number of hydrogen-bond acceptors (Lipinski definition) is 4. The molecule has 4 nitrogen and oxygen atoms in total. The van der Waals surface area contributed by atoms with Gasteiger partial charge in [-0.25, -0.2) is 0 Å². The van der Waals surface area contributed by atoms with Gasteiger partial charge in [-0.3, -0.25) is 4.79 Å². The highest BCUT2D eigenvalue weighted by molar-refractivity contribution is 7.98. The summed E-state index contributed by atoms with van der Waals surface area (Å²) in [6.45, 7) is 12.5. The van der Waals surface area contributed by atoms with Crippen LogP contribution in [0.1, 0.15) is 60.4 Å². The average Bonchev–Trinajstić information content (AvgIpc) is 3.43. The Morgan fingerprint density at radius 2 is 2.03 bits per heavy atom. The van der Waals surface area contributed by atoms with Gasteiger partial charge in [-0.2, -0.15) is 0 Å². The van der Waals surface area contributed by atoms with E-state index in [9.17, 15) is 4.79 Å². The summed E-state index contributed by atoms with van der Waals surface area (Å²) in [7, 11) is 0. The highest BCUT2D eigenvalue weighted by atomic mass is 32.2. The third-order valence-electron chi connectivity index (χ3n) is 5.08. The van der Waals surface area contributed by atoms with Crippen LogP contribution >= 0.6 is 11.8 Å². The summed E-state index contributed by atoms with van der Waals surface area (Å²) < 4.78 is 11.1. The van der Waals surface area contributed by atoms with Gasteiger partial charge >= 0.3 is 0 Å². The van der Waals surface area contributed by atoms with Crippen LogP contribution in [0.15, 0.2) is 81.2 Å². The average molecular weight is 450 g/mol. The van der Waals surface area contributed by atoms with E-state index in [0.717, 1.165) is 11.5 Å². The van der Waals surface area contributed by atoms with Gasteiger partial charge in [-0.1, -0.05) is 45.1 Å². The van der Waals surface area contributed by atoms with Gasteiger partial charge < -0.3 is 14.2 Å². The van der Waals surface area contributed by atoms with Crippen LogP contribution in [0.2, 0.25) is 0 Å². The molecule has 168 valence electrons.